The monoisotopic (exact) mass is 791 g/mol. The molecule has 3 N–H and O–H groups in total. The fraction of sp³-hybridized carbons (Fsp3) is 0.513. The maximum Gasteiger partial charge on any atom is 0.408 e. The Morgan fingerprint density at radius 3 is 2.32 bits per heavy atom. The van der Waals surface area contributed by atoms with Crippen LogP contribution in [0, 0.1) is 11.3 Å². The van der Waals surface area contributed by atoms with Crippen LogP contribution in [0.3, 0.4) is 0 Å². The highest BCUT2D eigenvalue weighted by molar-refractivity contribution is 7.91. The average molecular weight is 792 g/mol. The third kappa shape index (κ3) is 8.41. The molecule has 16 nitrogen and oxygen atoms in total. The Hall–Kier alpha value is -5.32. The molecule has 56 heavy (non-hydrogen) atoms. The molecule has 1 saturated heterocycles. The van der Waals surface area contributed by atoms with Crippen LogP contribution < -0.4 is 24.8 Å². The Balaban J connectivity index is 1.35. The first kappa shape index (κ1) is 40.3. The van der Waals surface area contributed by atoms with E-state index in [0.717, 1.165) is 0 Å². The van der Waals surface area contributed by atoms with Crippen molar-refractivity contribution >= 4 is 44.6 Å². The van der Waals surface area contributed by atoms with E-state index < -0.39 is 79.7 Å². The van der Waals surface area contributed by atoms with E-state index in [1.54, 1.807) is 47.7 Å². The summed E-state index contributed by atoms with van der Waals surface area (Å²) in [5.41, 5.74) is -2.50. The van der Waals surface area contributed by atoms with Crippen LogP contribution in [0.25, 0.3) is 22.2 Å². The molecule has 1 aliphatic heterocycles. The third-order valence-electron chi connectivity index (χ3n) is 9.99. The molecule has 3 fully saturated rings. The van der Waals surface area contributed by atoms with Gasteiger partial charge in [0.1, 0.15) is 40.7 Å². The summed E-state index contributed by atoms with van der Waals surface area (Å²) in [6.07, 6.45) is 5.42. The van der Waals surface area contributed by atoms with Crippen LogP contribution in [-0.4, -0.2) is 100 Å². The van der Waals surface area contributed by atoms with E-state index in [1.165, 1.54) is 30.5 Å². The number of sulfonamides is 1. The van der Waals surface area contributed by atoms with Crippen molar-refractivity contribution in [2.24, 2.45) is 11.3 Å². The quantitative estimate of drug-likeness (QED) is 0.225. The minimum atomic E-state index is -3.93. The van der Waals surface area contributed by atoms with Gasteiger partial charge in [-0.3, -0.25) is 29.1 Å². The first-order chi connectivity index (χ1) is 26.3. The number of hydrogen-bond acceptors (Lipinski definition) is 12. The molecule has 4 amide bonds. The molecule has 6 rings (SSSR count). The highest BCUT2D eigenvalue weighted by Crippen LogP contribution is 2.46. The van der Waals surface area contributed by atoms with Crippen molar-refractivity contribution in [3.63, 3.8) is 0 Å². The van der Waals surface area contributed by atoms with Gasteiger partial charge in [0.25, 0.3) is 5.91 Å². The van der Waals surface area contributed by atoms with Gasteiger partial charge in [0.15, 0.2) is 5.75 Å². The Labute approximate surface area is 326 Å². The smallest absolute Gasteiger partial charge is 0.408 e. The maximum atomic E-state index is 14.6. The molecular formula is C39H49N7O9S. The summed E-state index contributed by atoms with van der Waals surface area (Å²) < 4.78 is 45.5. The summed E-state index contributed by atoms with van der Waals surface area (Å²) in [4.78, 5) is 70.4. The third-order valence-corrected chi connectivity index (χ3v) is 11.8. The number of methoxy groups -OCH3 is 1. The van der Waals surface area contributed by atoms with E-state index in [9.17, 15) is 27.6 Å². The maximum absolute atomic E-state index is 14.6. The Bertz CT molecular complexity index is 2150. The van der Waals surface area contributed by atoms with Crippen LogP contribution in [0.4, 0.5) is 4.79 Å². The predicted molar refractivity (Wildman–Crippen MR) is 206 cm³/mol. The highest BCUT2D eigenvalue weighted by Gasteiger charge is 2.62. The van der Waals surface area contributed by atoms with E-state index in [-0.39, 0.29) is 25.3 Å². The number of benzene rings is 1. The van der Waals surface area contributed by atoms with Crippen LogP contribution in [0.15, 0.2) is 55.5 Å². The van der Waals surface area contributed by atoms with Gasteiger partial charge in [-0.2, -0.15) is 0 Å². The lowest BCUT2D eigenvalue weighted by atomic mass is 9.85. The summed E-state index contributed by atoms with van der Waals surface area (Å²) in [7, 11) is -2.41. The molecule has 0 radical (unpaired) electrons. The molecule has 300 valence electrons. The second-order valence-corrected chi connectivity index (χ2v) is 18.5. The van der Waals surface area contributed by atoms with Crippen LogP contribution >= 0.6 is 0 Å². The summed E-state index contributed by atoms with van der Waals surface area (Å²) in [6, 6.07) is 4.94. The molecule has 2 aromatic heterocycles. The summed E-state index contributed by atoms with van der Waals surface area (Å²) >= 11 is 0. The number of pyridine rings is 1. The normalized spacial score (nSPS) is 22.8. The number of nitrogens with zero attached hydrogens (tertiary/aromatic N) is 4. The number of carbonyl (C=O) groups excluding carboxylic acids is 4. The summed E-state index contributed by atoms with van der Waals surface area (Å²) in [5, 5.41) is 6.11. The Morgan fingerprint density at radius 2 is 1.75 bits per heavy atom. The second kappa shape index (κ2) is 15.0. The van der Waals surface area contributed by atoms with Crippen molar-refractivity contribution in [1.82, 2.24) is 35.2 Å². The van der Waals surface area contributed by atoms with Gasteiger partial charge in [0.05, 0.1) is 25.1 Å². The zero-order valence-electron chi connectivity index (χ0n) is 32.6. The molecule has 0 spiro atoms. The van der Waals surface area contributed by atoms with Gasteiger partial charge >= 0.3 is 6.09 Å². The van der Waals surface area contributed by atoms with Gasteiger partial charge in [0.2, 0.25) is 27.7 Å². The average Bonchev–Trinajstić information content (AvgIpc) is 4.06. The lowest BCUT2D eigenvalue weighted by Gasteiger charge is -2.36. The SMILES string of the molecule is C=CC1C[C@]1(NC(=O)[C@@H]1C[C@@H](Oc2nc(-c3cnccn3)c(OC)c3ccccc23)CN1C(=O)[C@@H](NC(=O)OC(C)(C)C)C(C)(C)C)C(=O)NS(=O)(=O)C1CC1. The summed E-state index contributed by atoms with van der Waals surface area (Å²) in [5.74, 6) is -2.07. The van der Waals surface area contributed by atoms with E-state index >= 15 is 0 Å². The Morgan fingerprint density at radius 1 is 1.05 bits per heavy atom. The molecule has 3 aromatic rings. The van der Waals surface area contributed by atoms with Gasteiger partial charge in [-0.1, -0.05) is 45.0 Å². The van der Waals surface area contributed by atoms with Crippen molar-refractivity contribution in [3.8, 4) is 23.0 Å². The number of rotatable bonds is 12. The number of amides is 4. The molecule has 2 aliphatic carbocycles. The standard InChI is InChI=1S/C39H49N7O9S/c1-9-22-19-39(22,35(49)45-56(51,52)24-14-15-24)44-32(47)28-18-23(21-46(28)34(48)31(37(2,3)4)43-36(50)55-38(5,6)7)54-33-26-13-11-10-12-25(26)30(53-8)29(42-33)27-20-40-16-17-41-27/h9-13,16-17,20,22-24,28,31H,1,14-15,18-19,21H2,2-8H3,(H,43,50)(H,44,47)(H,45,49)/t22?,23-,28+,31-,39-/m1/s1. The predicted octanol–water partition coefficient (Wildman–Crippen LogP) is 3.66. The zero-order valence-corrected chi connectivity index (χ0v) is 33.4. The van der Waals surface area contributed by atoms with Gasteiger partial charge < -0.3 is 29.7 Å². The van der Waals surface area contributed by atoms with Crippen molar-refractivity contribution in [2.75, 3.05) is 13.7 Å². The van der Waals surface area contributed by atoms with Gasteiger partial charge in [-0.15, -0.1) is 6.58 Å². The van der Waals surface area contributed by atoms with Crippen LogP contribution in [0.2, 0.25) is 0 Å². The topological polar surface area (TPSA) is 208 Å². The Kier molecular flexibility index (Phi) is 10.8. The van der Waals surface area contributed by atoms with Gasteiger partial charge in [0, 0.05) is 35.5 Å². The number of ether oxygens (including phenoxy) is 3. The van der Waals surface area contributed by atoms with Crippen molar-refractivity contribution in [1.29, 1.82) is 0 Å². The molecule has 1 unspecified atom stereocenters. The minimum absolute atomic E-state index is 0.0415. The fourth-order valence-electron chi connectivity index (χ4n) is 6.89. The first-order valence-electron chi connectivity index (χ1n) is 18.5. The molecule has 1 aromatic carbocycles. The molecule has 17 heteroatoms. The van der Waals surface area contributed by atoms with Gasteiger partial charge in [-0.05, 0) is 51.5 Å². The number of carbonyl (C=O) groups is 4. The largest absolute Gasteiger partial charge is 0.494 e. The molecule has 3 aliphatic rings. The first-order valence-corrected chi connectivity index (χ1v) is 20.0. The number of aromatic nitrogens is 3. The van der Waals surface area contributed by atoms with Crippen LogP contribution in [0.1, 0.15) is 67.2 Å². The zero-order chi connectivity index (χ0) is 40.8. The van der Waals surface area contributed by atoms with E-state index in [0.29, 0.717) is 40.8 Å². The van der Waals surface area contributed by atoms with Crippen molar-refractivity contribution in [2.45, 2.75) is 102 Å². The number of likely N-dealkylation sites (tertiary alicyclic amines) is 1. The lowest BCUT2D eigenvalue weighted by molar-refractivity contribution is -0.143. The van der Waals surface area contributed by atoms with Crippen LogP contribution in [0.5, 0.6) is 11.6 Å². The van der Waals surface area contributed by atoms with Crippen LogP contribution in [-0.2, 0) is 29.1 Å². The molecular weight excluding hydrogens is 743 g/mol. The minimum Gasteiger partial charge on any atom is -0.494 e. The van der Waals surface area contributed by atoms with E-state index in [4.69, 9.17) is 19.2 Å². The molecule has 3 heterocycles. The summed E-state index contributed by atoms with van der Waals surface area (Å²) in [6.45, 7) is 14.1. The van der Waals surface area contributed by atoms with Crippen molar-refractivity contribution in [3.05, 3.63) is 55.5 Å². The number of nitrogens with one attached hydrogen (secondary N) is 3. The lowest BCUT2D eigenvalue weighted by Crippen LogP contribution is -2.60. The fourth-order valence-corrected chi connectivity index (χ4v) is 8.25. The molecule has 2 saturated carbocycles. The van der Waals surface area contributed by atoms with E-state index in [1.807, 2.05) is 24.3 Å². The number of hydrogen-bond donors (Lipinski definition) is 3. The van der Waals surface area contributed by atoms with Gasteiger partial charge in [-0.25, -0.2) is 18.2 Å². The van der Waals surface area contributed by atoms with Crippen molar-refractivity contribution < 1.29 is 41.8 Å². The number of fused-ring (bicyclic) bond motifs is 1. The second-order valence-electron chi connectivity index (χ2n) is 16.5. The van der Waals surface area contributed by atoms with E-state index in [2.05, 4.69) is 31.9 Å². The molecule has 0 bridgehead atoms. The highest BCUT2D eigenvalue weighted by atomic mass is 32.2. The number of alkyl carbamates (subject to hydrolysis) is 1. The molecule has 5 atom stereocenters.